The maximum absolute atomic E-state index is 12.7. The zero-order chi connectivity index (χ0) is 20.3. The minimum Gasteiger partial charge on any atom is -0.352 e. The van der Waals surface area contributed by atoms with Crippen LogP contribution >= 0.6 is 0 Å². The number of imidazole rings is 1. The summed E-state index contributed by atoms with van der Waals surface area (Å²) in [4.78, 5) is 6.02. The second kappa shape index (κ2) is 6.24. The van der Waals surface area contributed by atoms with Gasteiger partial charge in [-0.1, -0.05) is 20.8 Å². The Morgan fingerprint density at radius 3 is 2.50 bits per heavy atom. The van der Waals surface area contributed by atoms with Crippen LogP contribution in [0.15, 0.2) is 29.7 Å². The zero-order valence-electron chi connectivity index (χ0n) is 16.6. The second-order valence-corrected chi connectivity index (χ2v) is 10.1. The van der Waals surface area contributed by atoms with Gasteiger partial charge in [0.1, 0.15) is 5.82 Å². The Labute approximate surface area is 163 Å². The quantitative estimate of drug-likeness (QED) is 0.630. The fourth-order valence-corrected chi connectivity index (χ4v) is 4.45. The van der Waals surface area contributed by atoms with Gasteiger partial charge in [0, 0.05) is 38.8 Å². The lowest BCUT2D eigenvalue weighted by Crippen LogP contribution is -2.60. The molecule has 4 heterocycles. The molecular formula is C17H24N8O2S. The predicted molar refractivity (Wildman–Crippen MR) is 104 cm³/mol. The van der Waals surface area contributed by atoms with Gasteiger partial charge in [-0.25, -0.2) is 13.4 Å². The summed E-state index contributed by atoms with van der Waals surface area (Å²) in [6.45, 7) is 7.32. The summed E-state index contributed by atoms with van der Waals surface area (Å²) in [5.74, 6) is 1.56. The average Bonchev–Trinajstić information content (AvgIpc) is 3.19. The minimum absolute atomic E-state index is 0.0646. The molecule has 150 valence electrons. The predicted octanol–water partition coefficient (Wildman–Crippen LogP) is 0.665. The highest BCUT2D eigenvalue weighted by Crippen LogP contribution is 2.26. The zero-order valence-corrected chi connectivity index (χ0v) is 17.4. The van der Waals surface area contributed by atoms with Crippen molar-refractivity contribution >= 4 is 21.5 Å². The number of nitrogens with zero attached hydrogens (tertiary/aromatic N) is 8. The number of aryl methyl sites for hydroxylation is 1. The van der Waals surface area contributed by atoms with E-state index < -0.39 is 10.0 Å². The number of rotatable bonds is 4. The fourth-order valence-electron chi connectivity index (χ4n) is 3.15. The van der Waals surface area contributed by atoms with Crippen LogP contribution < -0.4 is 4.90 Å². The highest BCUT2D eigenvalue weighted by molar-refractivity contribution is 7.89. The second-order valence-electron chi connectivity index (χ2n) is 8.19. The van der Waals surface area contributed by atoms with E-state index in [4.69, 9.17) is 0 Å². The maximum Gasteiger partial charge on any atom is 0.262 e. The van der Waals surface area contributed by atoms with Gasteiger partial charge in [-0.2, -0.15) is 8.82 Å². The van der Waals surface area contributed by atoms with Gasteiger partial charge in [-0.15, -0.1) is 15.3 Å². The number of hydrogen-bond donors (Lipinski definition) is 0. The molecule has 0 unspecified atom stereocenters. The van der Waals surface area contributed by atoms with Crippen LogP contribution in [0.3, 0.4) is 0 Å². The van der Waals surface area contributed by atoms with Crippen LogP contribution in [0, 0.1) is 0 Å². The molecule has 10 nitrogen and oxygen atoms in total. The van der Waals surface area contributed by atoms with Crippen molar-refractivity contribution in [3.05, 3.63) is 30.5 Å². The van der Waals surface area contributed by atoms with E-state index in [1.807, 2.05) is 17.0 Å². The summed E-state index contributed by atoms with van der Waals surface area (Å²) in [6.07, 6.45) is 3.00. The van der Waals surface area contributed by atoms with E-state index in [1.165, 1.54) is 16.8 Å². The standard InChI is InChI=1S/C17H24N8O2S/c1-17(2,3)16-20-19-13-6-7-14(21-25(13)16)24-8-12(9-24)23(5)28(26,27)15-10-22(4)11-18-15/h6-7,10-12H,8-9H2,1-5H3. The average molecular weight is 405 g/mol. The van der Waals surface area contributed by atoms with Gasteiger partial charge >= 0.3 is 0 Å². The maximum atomic E-state index is 12.7. The third kappa shape index (κ3) is 3.04. The van der Waals surface area contributed by atoms with Gasteiger partial charge < -0.3 is 9.47 Å². The van der Waals surface area contributed by atoms with Crippen LogP contribution in [0.4, 0.5) is 5.82 Å². The summed E-state index contributed by atoms with van der Waals surface area (Å²) < 4.78 is 30.2. The first-order chi connectivity index (χ1) is 13.1. The number of likely N-dealkylation sites (N-methyl/N-ethyl adjacent to an activating group) is 1. The first kappa shape index (κ1) is 18.8. The molecule has 11 heteroatoms. The normalized spacial score (nSPS) is 16.1. The third-order valence-corrected chi connectivity index (χ3v) is 6.74. The largest absolute Gasteiger partial charge is 0.352 e. The van der Waals surface area contributed by atoms with Crippen molar-refractivity contribution in [2.45, 2.75) is 37.3 Å². The summed E-state index contributed by atoms with van der Waals surface area (Å²) in [5, 5.41) is 13.2. The van der Waals surface area contributed by atoms with Crippen LogP contribution in [-0.2, 0) is 22.5 Å². The summed E-state index contributed by atoms with van der Waals surface area (Å²) in [7, 11) is -0.263. The number of hydrogen-bond acceptors (Lipinski definition) is 7. The van der Waals surface area contributed by atoms with Gasteiger partial charge in [-0.3, -0.25) is 0 Å². The van der Waals surface area contributed by atoms with Crippen molar-refractivity contribution in [1.82, 2.24) is 33.7 Å². The molecule has 1 fully saturated rings. The van der Waals surface area contributed by atoms with Crippen molar-refractivity contribution in [1.29, 1.82) is 0 Å². The van der Waals surface area contributed by atoms with Crippen LogP contribution in [0.2, 0.25) is 0 Å². The molecule has 0 spiro atoms. The molecule has 0 atom stereocenters. The Morgan fingerprint density at radius 2 is 1.89 bits per heavy atom. The van der Waals surface area contributed by atoms with Crippen LogP contribution in [-0.4, -0.2) is 68.3 Å². The number of anilines is 1. The number of aromatic nitrogens is 6. The molecule has 4 rings (SSSR count). The van der Waals surface area contributed by atoms with E-state index in [9.17, 15) is 8.42 Å². The number of sulfonamides is 1. The Morgan fingerprint density at radius 1 is 1.18 bits per heavy atom. The molecular weight excluding hydrogens is 380 g/mol. The number of fused-ring (bicyclic) bond motifs is 1. The molecule has 0 amide bonds. The SMILES string of the molecule is CN(C1CN(c2ccc3nnc(C(C)(C)C)n3n2)C1)S(=O)(=O)c1cn(C)cn1. The molecule has 3 aromatic rings. The Kier molecular flexibility index (Phi) is 4.19. The molecule has 0 aromatic carbocycles. The third-order valence-electron chi connectivity index (χ3n) is 4.94. The van der Waals surface area contributed by atoms with Gasteiger partial charge in [0.2, 0.25) is 0 Å². The Bertz CT molecular complexity index is 1120. The summed E-state index contributed by atoms with van der Waals surface area (Å²) in [6, 6.07) is 3.64. The topological polar surface area (TPSA) is 102 Å². The molecule has 3 aromatic heterocycles. The molecule has 0 saturated carbocycles. The van der Waals surface area contributed by atoms with Crippen molar-refractivity contribution in [2.75, 3.05) is 25.0 Å². The smallest absolute Gasteiger partial charge is 0.262 e. The highest BCUT2D eigenvalue weighted by atomic mass is 32.2. The van der Waals surface area contributed by atoms with Crippen molar-refractivity contribution in [3.63, 3.8) is 0 Å². The molecule has 1 saturated heterocycles. The highest BCUT2D eigenvalue weighted by Gasteiger charge is 2.38. The molecule has 0 radical (unpaired) electrons. The summed E-state index contributed by atoms with van der Waals surface area (Å²) >= 11 is 0. The van der Waals surface area contributed by atoms with E-state index in [0.717, 1.165) is 11.6 Å². The van der Waals surface area contributed by atoms with Crippen molar-refractivity contribution < 1.29 is 8.42 Å². The molecule has 28 heavy (non-hydrogen) atoms. The Hall–Kier alpha value is -2.53. The van der Waals surface area contributed by atoms with Gasteiger partial charge in [-0.05, 0) is 12.1 Å². The van der Waals surface area contributed by atoms with Crippen molar-refractivity contribution in [3.8, 4) is 0 Å². The van der Waals surface area contributed by atoms with Gasteiger partial charge in [0.25, 0.3) is 10.0 Å². The van der Waals surface area contributed by atoms with Crippen LogP contribution in [0.1, 0.15) is 26.6 Å². The van der Waals surface area contributed by atoms with Crippen LogP contribution in [0.25, 0.3) is 5.65 Å². The van der Waals surface area contributed by atoms with E-state index >= 15 is 0 Å². The lowest BCUT2D eigenvalue weighted by Gasteiger charge is -2.43. The lowest BCUT2D eigenvalue weighted by molar-refractivity contribution is 0.308. The molecule has 0 N–H and O–H groups in total. The molecule has 1 aliphatic heterocycles. The van der Waals surface area contributed by atoms with E-state index in [1.54, 1.807) is 23.2 Å². The van der Waals surface area contributed by atoms with E-state index in [2.05, 4.69) is 41.1 Å². The Balaban J connectivity index is 1.52. The summed E-state index contributed by atoms with van der Waals surface area (Å²) in [5.41, 5.74) is 0.514. The van der Waals surface area contributed by atoms with Crippen LogP contribution in [0.5, 0.6) is 0 Å². The minimum atomic E-state index is -3.61. The van der Waals surface area contributed by atoms with Crippen molar-refractivity contribution in [2.24, 2.45) is 7.05 Å². The lowest BCUT2D eigenvalue weighted by atomic mass is 9.96. The first-order valence-corrected chi connectivity index (χ1v) is 10.5. The molecule has 0 aliphatic carbocycles. The molecule has 1 aliphatic rings. The van der Waals surface area contributed by atoms with Gasteiger partial charge in [0.05, 0.1) is 12.4 Å². The first-order valence-electron chi connectivity index (χ1n) is 9.01. The van der Waals surface area contributed by atoms with E-state index in [0.29, 0.717) is 18.7 Å². The van der Waals surface area contributed by atoms with Gasteiger partial charge in [0.15, 0.2) is 16.5 Å². The van der Waals surface area contributed by atoms with E-state index in [-0.39, 0.29) is 16.5 Å². The monoisotopic (exact) mass is 404 g/mol. The fraction of sp³-hybridized carbons (Fsp3) is 0.529. The molecule has 0 bridgehead atoms.